The lowest BCUT2D eigenvalue weighted by atomic mass is 10.2. The minimum absolute atomic E-state index is 0.0570. The number of pyridine rings is 1. The number of esters is 1. The van der Waals surface area contributed by atoms with Gasteiger partial charge in [0.05, 0.1) is 24.3 Å². The summed E-state index contributed by atoms with van der Waals surface area (Å²) in [7, 11) is 0. The van der Waals surface area contributed by atoms with Gasteiger partial charge < -0.3 is 9.47 Å². The van der Waals surface area contributed by atoms with Gasteiger partial charge in [-0.2, -0.15) is 0 Å². The second kappa shape index (κ2) is 5.78. The first kappa shape index (κ1) is 14.1. The van der Waals surface area contributed by atoms with Crippen LogP contribution in [0, 0.1) is 5.92 Å². The molecule has 0 bridgehead atoms. The van der Waals surface area contributed by atoms with E-state index in [2.05, 4.69) is 4.98 Å². The molecule has 0 aliphatic heterocycles. The zero-order valence-corrected chi connectivity index (χ0v) is 12.1. The zero-order valence-electron chi connectivity index (χ0n) is 11.4. The lowest BCUT2D eigenvalue weighted by Crippen LogP contribution is -2.10. The third-order valence-electron chi connectivity index (χ3n) is 2.95. The van der Waals surface area contributed by atoms with Gasteiger partial charge in [-0.3, -0.25) is 4.79 Å². The first-order chi connectivity index (χ1) is 9.02. The summed E-state index contributed by atoms with van der Waals surface area (Å²) >= 11 is 5.93. The molecule has 2 rings (SSSR count). The van der Waals surface area contributed by atoms with E-state index in [1.165, 1.54) is 0 Å². The molecule has 104 valence electrons. The van der Waals surface area contributed by atoms with Crippen LogP contribution in [-0.4, -0.2) is 23.7 Å². The Hall–Kier alpha value is -1.29. The van der Waals surface area contributed by atoms with Gasteiger partial charge in [0.2, 0.25) is 0 Å². The van der Waals surface area contributed by atoms with Gasteiger partial charge in [-0.25, -0.2) is 4.98 Å². The molecule has 0 unspecified atom stereocenters. The number of aromatic nitrogens is 1. The monoisotopic (exact) mass is 283 g/mol. The van der Waals surface area contributed by atoms with Crippen molar-refractivity contribution in [2.75, 3.05) is 6.61 Å². The second-order valence-corrected chi connectivity index (χ2v) is 5.27. The molecule has 1 heterocycles. The Kier molecular flexibility index (Phi) is 4.30. The van der Waals surface area contributed by atoms with Crippen molar-refractivity contribution < 1.29 is 14.3 Å². The molecule has 19 heavy (non-hydrogen) atoms. The van der Waals surface area contributed by atoms with Crippen molar-refractivity contribution >= 4 is 17.6 Å². The van der Waals surface area contributed by atoms with Crippen LogP contribution in [0.5, 0.6) is 5.75 Å². The lowest BCUT2D eigenvalue weighted by molar-refractivity contribution is -0.144. The summed E-state index contributed by atoms with van der Waals surface area (Å²) in [5.41, 5.74) is 0.763. The van der Waals surface area contributed by atoms with Crippen LogP contribution in [0.2, 0.25) is 5.15 Å². The highest BCUT2D eigenvalue weighted by Crippen LogP contribution is 2.50. The van der Waals surface area contributed by atoms with Crippen molar-refractivity contribution in [1.82, 2.24) is 4.98 Å². The quantitative estimate of drug-likeness (QED) is 0.615. The summed E-state index contributed by atoms with van der Waals surface area (Å²) in [6.45, 7) is 6.11. The molecule has 1 aliphatic rings. The number of hydrogen-bond acceptors (Lipinski definition) is 4. The van der Waals surface area contributed by atoms with E-state index in [1.54, 1.807) is 13.0 Å². The molecule has 0 N–H and O–H groups in total. The second-order valence-electron chi connectivity index (χ2n) is 4.88. The summed E-state index contributed by atoms with van der Waals surface area (Å²) in [5.74, 6) is 0.493. The standard InChI is InChI=1S/C14H18ClNO3/c1-4-18-14(17)10-7-9(10)13-11(19-8(2)3)5-6-12(15)16-13/h5-6,8-10H,4,7H2,1-3H3/t9-,10-/m0/s1. The molecule has 1 aromatic rings. The van der Waals surface area contributed by atoms with Crippen LogP contribution < -0.4 is 4.74 Å². The Morgan fingerprint density at radius 2 is 2.26 bits per heavy atom. The molecule has 2 atom stereocenters. The fourth-order valence-electron chi connectivity index (χ4n) is 2.06. The van der Waals surface area contributed by atoms with Crippen LogP contribution in [0.1, 0.15) is 38.8 Å². The van der Waals surface area contributed by atoms with E-state index < -0.39 is 0 Å². The Labute approximate surface area is 118 Å². The van der Waals surface area contributed by atoms with E-state index in [9.17, 15) is 4.79 Å². The molecule has 1 aromatic heterocycles. The van der Waals surface area contributed by atoms with Gasteiger partial charge in [0.25, 0.3) is 0 Å². The summed E-state index contributed by atoms with van der Waals surface area (Å²) in [6, 6.07) is 3.51. The number of hydrogen-bond donors (Lipinski definition) is 0. The fourth-order valence-corrected chi connectivity index (χ4v) is 2.22. The Morgan fingerprint density at radius 3 is 2.89 bits per heavy atom. The van der Waals surface area contributed by atoms with Gasteiger partial charge in [-0.1, -0.05) is 11.6 Å². The van der Waals surface area contributed by atoms with E-state index in [-0.39, 0.29) is 23.9 Å². The van der Waals surface area contributed by atoms with Gasteiger partial charge in [0, 0.05) is 5.92 Å². The SMILES string of the molecule is CCOC(=O)[C@H]1C[C@@H]1c1nc(Cl)ccc1OC(C)C. The van der Waals surface area contributed by atoms with Crippen molar-refractivity contribution in [3.63, 3.8) is 0 Å². The van der Waals surface area contributed by atoms with Crippen LogP contribution in [0.4, 0.5) is 0 Å². The van der Waals surface area contributed by atoms with E-state index >= 15 is 0 Å². The highest BCUT2D eigenvalue weighted by molar-refractivity contribution is 6.29. The number of rotatable bonds is 5. The Bertz CT molecular complexity index is 476. The fraction of sp³-hybridized carbons (Fsp3) is 0.571. The first-order valence-electron chi connectivity index (χ1n) is 6.52. The predicted octanol–water partition coefficient (Wildman–Crippen LogP) is 3.19. The van der Waals surface area contributed by atoms with Crippen molar-refractivity contribution in [1.29, 1.82) is 0 Å². The molecular weight excluding hydrogens is 266 g/mol. The summed E-state index contributed by atoms with van der Waals surface area (Å²) < 4.78 is 10.7. The van der Waals surface area contributed by atoms with Crippen molar-refractivity contribution in [3.05, 3.63) is 23.0 Å². The van der Waals surface area contributed by atoms with E-state index in [0.717, 1.165) is 12.1 Å². The van der Waals surface area contributed by atoms with E-state index in [4.69, 9.17) is 21.1 Å². The minimum Gasteiger partial charge on any atom is -0.489 e. The van der Waals surface area contributed by atoms with Crippen molar-refractivity contribution in [3.8, 4) is 5.75 Å². The number of carbonyl (C=O) groups excluding carboxylic acids is 1. The van der Waals surface area contributed by atoms with Crippen molar-refractivity contribution in [2.45, 2.75) is 39.2 Å². The van der Waals surface area contributed by atoms with Crippen LogP contribution in [-0.2, 0) is 9.53 Å². The summed E-state index contributed by atoms with van der Waals surface area (Å²) in [5, 5.41) is 0.417. The van der Waals surface area contributed by atoms with Crippen LogP contribution in [0.3, 0.4) is 0 Å². The van der Waals surface area contributed by atoms with Gasteiger partial charge in [-0.05, 0) is 39.3 Å². The largest absolute Gasteiger partial charge is 0.489 e. The molecule has 0 amide bonds. The molecule has 0 spiro atoms. The van der Waals surface area contributed by atoms with Crippen molar-refractivity contribution in [2.24, 2.45) is 5.92 Å². The van der Waals surface area contributed by atoms with E-state index in [1.807, 2.05) is 19.9 Å². The molecule has 1 fully saturated rings. The van der Waals surface area contributed by atoms with Gasteiger partial charge in [-0.15, -0.1) is 0 Å². The topological polar surface area (TPSA) is 48.4 Å². The summed E-state index contributed by atoms with van der Waals surface area (Å²) in [6.07, 6.45) is 0.808. The third kappa shape index (κ3) is 3.38. The van der Waals surface area contributed by atoms with Gasteiger partial charge in [0.15, 0.2) is 0 Å². The number of halogens is 1. The maximum atomic E-state index is 11.7. The zero-order chi connectivity index (χ0) is 14.0. The molecule has 4 nitrogen and oxygen atoms in total. The summed E-state index contributed by atoms with van der Waals surface area (Å²) in [4.78, 5) is 16.0. The third-order valence-corrected chi connectivity index (χ3v) is 3.16. The molecule has 0 radical (unpaired) electrons. The number of carbonyl (C=O) groups is 1. The number of ether oxygens (including phenoxy) is 2. The Morgan fingerprint density at radius 1 is 1.53 bits per heavy atom. The first-order valence-corrected chi connectivity index (χ1v) is 6.90. The average Bonchev–Trinajstić information content (AvgIpc) is 3.11. The molecule has 1 saturated carbocycles. The van der Waals surface area contributed by atoms with Crippen LogP contribution in [0.25, 0.3) is 0 Å². The molecule has 1 aliphatic carbocycles. The molecule has 0 saturated heterocycles. The molecule has 5 heteroatoms. The lowest BCUT2D eigenvalue weighted by Gasteiger charge is -2.13. The maximum absolute atomic E-state index is 11.7. The maximum Gasteiger partial charge on any atom is 0.309 e. The van der Waals surface area contributed by atoms with Crippen LogP contribution >= 0.6 is 11.6 Å². The van der Waals surface area contributed by atoms with Gasteiger partial charge >= 0.3 is 5.97 Å². The van der Waals surface area contributed by atoms with E-state index in [0.29, 0.717) is 17.5 Å². The normalized spacial score (nSPS) is 21.3. The molecule has 0 aromatic carbocycles. The highest BCUT2D eigenvalue weighted by Gasteiger charge is 2.47. The molecular formula is C14H18ClNO3. The van der Waals surface area contributed by atoms with Gasteiger partial charge in [0.1, 0.15) is 10.9 Å². The van der Waals surface area contributed by atoms with Crippen LogP contribution in [0.15, 0.2) is 12.1 Å². The number of nitrogens with zero attached hydrogens (tertiary/aromatic N) is 1. The predicted molar refractivity (Wildman–Crippen MR) is 72.5 cm³/mol. The minimum atomic E-state index is -0.162. The smallest absolute Gasteiger partial charge is 0.309 e. The average molecular weight is 284 g/mol. The Balaban J connectivity index is 2.16. The highest BCUT2D eigenvalue weighted by atomic mass is 35.5.